The van der Waals surface area contributed by atoms with Crippen LogP contribution in [0.25, 0.3) is 11.0 Å². The zero-order valence-electron chi connectivity index (χ0n) is 10.7. The molecule has 2 aromatic carbocycles. The van der Waals surface area contributed by atoms with Crippen LogP contribution < -0.4 is 0 Å². The largest absolute Gasteiger partial charge is 0.505 e. The predicted molar refractivity (Wildman–Crippen MR) is 74.2 cm³/mol. The fourth-order valence-corrected chi connectivity index (χ4v) is 2.09. The number of aliphatic imine (C=N–C) groups is 1. The molecule has 0 aliphatic heterocycles. The smallest absolute Gasteiger partial charge is 0.282 e. The Labute approximate surface area is 118 Å². The van der Waals surface area contributed by atoms with E-state index in [-0.39, 0.29) is 5.84 Å². The Kier molecular flexibility index (Phi) is 3.21. The molecule has 0 radical (unpaired) electrons. The molecule has 6 heteroatoms. The number of alkyl halides is 3. The lowest BCUT2D eigenvalue weighted by Crippen LogP contribution is -2.18. The van der Waals surface area contributed by atoms with E-state index in [4.69, 9.17) is 0 Å². The Morgan fingerprint density at radius 1 is 0.952 bits per heavy atom. The van der Waals surface area contributed by atoms with Gasteiger partial charge in [-0.15, -0.1) is 13.2 Å². The first-order chi connectivity index (χ1) is 10.0. The van der Waals surface area contributed by atoms with Crippen molar-refractivity contribution in [1.82, 2.24) is 9.55 Å². The molecule has 0 aliphatic carbocycles. The summed E-state index contributed by atoms with van der Waals surface area (Å²) >= 11 is 0. The van der Waals surface area contributed by atoms with Crippen molar-refractivity contribution in [3.05, 3.63) is 66.5 Å². The average molecular weight is 289 g/mol. The van der Waals surface area contributed by atoms with Crippen molar-refractivity contribution in [3.8, 4) is 0 Å². The van der Waals surface area contributed by atoms with Crippen LogP contribution in [0.5, 0.6) is 0 Å². The van der Waals surface area contributed by atoms with E-state index in [1.54, 1.807) is 54.6 Å². The van der Waals surface area contributed by atoms with Crippen molar-refractivity contribution in [2.45, 2.75) is 6.30 Å². The van der Waals surface area contributed by atoms with Crippen LogP contribution >= 0.6 is 0 Å². The number of nitrogens with zero attached hydrogens (tertiary/aromatic N) is 3. The zero-order chi connectivity index (χ0) is 14.9. The van der Waals surface area contributed by atoms with E-state index < -0.39 is 6.30 Å². The molecule has 0 unspecified atom stereocenters. The van der Waals surface area contributed by atoms with Gasteiger partial charge in [0.1, 0.15) is 12.2 Å². The summed E-state index contributed by atoms with van der Waals surface area (Å²) < 4.78 is 39.6. The fraction of sp³-hybridized carbons (Fsp3) is 0.0667. The number of hydrogen-bond donors (Lipinski definition) is 0. The van der Waals surface area contributed by atoms with E-state index in [0.29, 0.717) is 16.6 Å². The van der Waals surface area contributed by atoms with Gasteiger partial charge in [0.05, 0.1) is 11.0 Å². The Hall–Kier alpha value is -2.63. The van der Waals surface area contributed by atoms with Crippen LogP contribution in [-0.4, -0.2) is 21.7 Å². The summed E-state index contributed by atoms with van der Waals surface area (Å²) in [7, 11) is 0. The highest BCUT2D eigenvalue weighted by atomic mass is 19.4. The lowest BCUT2D eigenvalue weighted by Gasteiger charge is -2.10. The Morgan fingerprint density at radius 2 is 1.62 bits per heavy atom. The molecule has 0 N–H and O–H groups in total. The number of imidazole rings is 1. The highest BCUT2D eigenvalue weighted by molar-refractivity contribution is 6.04. The van der Waals surface area contributed by atoms with Gasteiger partial charge in [-0.25, -0.2) is 4.98 Å². The van der Waals surface area contributed by atoms with E-state index in [0.717, 1.165) is 0 Å². The molecule has 3 rings (SSSR count). The third-order valence-electron chi connectivity index (χ3n) is 2.95. The quantitative estimate of drug-likeness (QED) is 0.380. The monoisotopic (exact) mass is 289 g/mol. The Balaban J connectivity index is 2.23. The van der Waals surface area contributed by atoms with Gasteiger partial charge < -0.3 is 0 Å². The van der Waals surface area contributed by atoms with Crippen molar-refractivity contribution in [2.75, 3.05) is 0 Å². The highest BCUT2D eigenvalue weighted by Gasteiger charge is 2.28. The Bertz CT molecular complexity index is 789. The molecule has 0 bridgehead atoms. The molecule has 106 valence electrons. The number of aromatic nitrogens is 2. The minimum Gasteiger partial charge on any atom is -0.282 e. The summed E-state index contributed by atoms with van der Waals surface area (Å²) in [5, 5.41) is 0. The molecule has 1 heterocycles. The molecule has 0 saturated heterocycles. The van der Waals surface area contributed by atoms with Gasteiger partial charge >= 0.3 is 6.30 Å². The second-order valence-corrected chi connectivity index (χ2v) is 4.37. The SMILES string of the molecule is FC(F)(F)/N=C(\c1ccccc1)n1cnc2ccccc21. The number of rotatable bonds is 1. The lowest BCUT2D eigenvalue weighted by atomic mass is 10.2. The summed E-state index contributed by atoms with van der Waals surface area (Å²) in [6, 6.07) is 15.2. The molecule has 0 saturated carbocycles. The Morgan fingerprint density at radius 3 is 2.33 bits per heavy atom. The molecule has 0 fully saturated rings. The van der Waals surface area contributed by atoms with Crippen LogP contribution in [0.1, 0.15) is 5.56 Å². The second-order valence-electron chi connectivity index (χ2n) is 4.37. The summed E-state index contributed by atoms with van der Waals surface area (Å²) in [4.78, 5) is 7.02. The van der Waals surface area contributed by atoms with Gasteiger partial charge in [0.2, 0.25) is 0 Å². The van der Waals surface area contributed by atoms with E-state index in [2.05, 4.69) is 9.98 Å². The van der Waals surface area contributed by atoms with Crippen LogP contribution in [0.15, 0.2) is 65.9 Å². The highest BCUT2D eigenvalue weighted by Crippen LogP contribution is 2.21. The van der Waals surface area contributed by atoms with Gasteiger partial charge in [-0.3, -0.25) is 4.57 Å². The number of hydrogen-bond acceptors (Lipinski definition) is 2. The summed E-state index contributed by atoms with van der Waals surface area (Å²) in [5.74, 6) is -0.197. The van der Waals surface area contributed by atoms with E-state index in [1.807, 2.05) is 0 Å². The first kappa shape index (κ1) is 13.4. The fourth-order valence-electron chi connectivity index (χ4n) is 2.09. The first-order valence-electron chi connectivity index (χ1n) is 6.19. The minimum absolute atomic E-state index is 0.197. The van der Waals surface area contributed by atoms with Crippen LogP contribution in [0, 0.1) is 0 Å². The molecule has 3 nitrogen and oxygen atoms in total. The van der Waals surface area contributed by atoms with Crippen molar-refractivity contribution < 1.29 is 13.2 Å². The third-order valence-corrected chi connectivity index (χ3v) is 2.95. The molecular formula is C15H10F3N3. The van der Waals surface area contributed by atoms with Crippen LogP contribution in [0.2, 0.25) is 0 Å². The molecule has 1 aromatic heterocycles. The van der Waals surface area contributed by atoms with Crippen molar-refractivity contribution in [2.24, 2.45) is 4.99 Å². The van der Waals surface area contributed by atoms with E-state index >= 15 is 0 Å². The maximum Gasteiger partial charge on any atom is 0.505 e. The molecule has 0 atom stereocenters. The third kappa shape index (κ3) is 2.79. The van der Waals surface area contributed by atoms with Gasteiger partial charge in [0.25, 0.3) is 0 Å². The summed E-state index contributed by atoms with van der Waals surface area (Å²) in [5.41, 5.74) is 1.56. The van der Waals surface area contributed by atoms with Gasteiger partial charge in [-0.2, -0.15) is 4.99 Å². The molecular weight excluding hydrogens is 279 g/mol. The van der Waals surface area contributed by atoms with Gasteiger partial charge in [-0.05, 0) is 12.1 Å². The van der Waals surface area contributed by atoms with Gasteiger partial charge in [0, 0.05) is 5.56 Å². The van der Waals surface area contributed by atoms with E-state index in [1.165, 1.54) is 10.9 Å². The van der Waals surface area contributed by atoms with Gasteiger partial charge in [0.15, 0.2) is 0 Å². The maximum atomic E-state index is 12.8. The zero-order valence-corrected chi connectivity index (χ0v) is 10.7. The number of halogens is 3. The molecule has 0 spiro atoms. The van der Waals surface area contributed by atoms with Crippen molar-refractivity contribution >= 4 is 16.9 Å². The number of benzene rings is 2. The van der Waals surface area contributed by atoms with Crippen molar-refractivity contribution in [1.29, 1.82) is 0 Å². The molecule has 0 amide bonds. The molecule has 3 aromatic rings. The summed E-state index contributed by atoms with van der Waals surface area (Å²) in [6.07, 6.45) is -3.31. The molecule has 0 aliphatic rings. The number of para-hydroxylation sites is 2. The second kappa shape index (κ2) is 5.05. The van der Waals surface area contributed by atoms with Gasteiger partial charge in [-0.1, -0.05) is 42.5 Å². The van der Waals surface area contributed by atoms with Crippen LogP contribution in [0.4, 0.5) is 13.2 Å². The first-order valence-corrected chi connectivity index (χ1v) is 6.19. The molecule has 21 heavy (non-hydrogen) atoms. The van der Waals surface area contributed by atoms with Crippen LogP contribution in [0.3, 0.4) is 0 Å². The average Bonchev–Trinajstić information content (AvgIpc) is 2.89. The van der Waals surface area contributed by atoms with Crippen molar-refractivity contribution in [3.63, 3.8) is 0 Å². The topological polar surface area (TPSA) is 30.2 Å². The standard InChI is InChI=1S/C15H10F3N3/c16-15(17,18)20-14(11-6-2-1-3-7-11)21-10-19-12-8-4-5-9-13(12)21/h1-10H/b20-14+. The normalized spacial score (nSPS) is 12.8. The summed E-state index contributed by atoms with van der Waals surface area (Å²) in [6.45, 7) is 0. The van der Waals surface area contributed by atoms with Crippen LogP contribution in [-0.2, 0) is 0 Å². The van der Waals surface area contributed by atoms with E-state index in [9.17, 15) is 13.2 Å². The predicted octanol–water partition coefficient (Wildman–Crippen LogP) is 3.85. The minimum atomic E-state index is -4.66. The number of fused-ring (bicyclic) bond motifs is 1. The maximum absolute atomic E-state index is 12.8. The lowest BCUT2D eigenvalue weighted by molar-refractivity contribution is -0.119.